The van der Waals surface area contributed by atoms with Crippen molar-refractivity contribution >= 4 is 5.97 Å². The van der Waals surface area contributed by atoms with Gasteiger partial charge in [-0.25, -0.2) is 4.79 Å². The molecule has 2 heterocycles. The molecule has 0 bridgehead atoms. The quantitative estimate of drug-likeness (QED) is 0.759. The van der Waals surface area contributed by atoms with Gasteiger partial charge in [0.1, 0.15) is 5.76 Å². The summed E-state index contributed by atoms with van der Waals surface area (Å²) in [6.07, 6.45) is 5.58. The SMILES string of the molecule is COC(=O)c1occc1CN(Cc1ccco1)C1CC1. The average Bonchev–Trinajstić information content (AvgIpc) is 2.99. The van der Waals surface area contributed by atoms with Crippen LogP contribution in [-0.4, -0.2) is 24.0 Å². The van der Waals surface area contributed by atoms with Crippen LogP contribution in [0.5, 0.6) is 0 Å². The minimum absolute atomic E-state index is 0.289. The molecule has 0 saturated heterocycles. The highest BCUT2D eigenvalue weighted by atomic mass is 16.5. The lowest BCUT2D eigenvalue weighted by Gasteiger charge is -2.20. The van der Waals surface area contributed by atoms with E-state index in [1.54, 1.807) is 6.26 Å². The molecule has 1 aliphatic rings. The largest absolute Gasteiger partial charge is 0.468 e. The molecule has 5 heteroatoms. The van der Waals surface area contributed by atoms with Crippen molar-refractivity contribution in [1.29, 1.82) is 0 Å². The normalized spacial score (nSPS) is 14.7. The highest BCUT2D eigenvalue weighted by Gasteiger charge is 2.31. The molecule has 1 fully saturated rings. The van der Waals surface area contributed by atoms with Gasteiger partial charge in [0.25, 0.3) is 0 Å². The van der Waals surface area contributed by atoms with Gasteiger partial charge in [-0.2, -0.15) is 0 Å². The van der Waals surface area contributed by atoms with E-state index in [1.165, 1.54) is 26.2 Å². The maximum Gasteiger partial charge on any atom is 0.374 e. The highest BCUT2D eigenvalue weighted by molar-refractivity contribution is 5.87. The summed E-state index contributed by atoms with van der Waals surface area (Å²) in [5, 5.41) is 0. The van der Waals surface area contributed by atoms with E-state index in [0.29, 0.717) is 12.6 Å². The fourth-order valence-corrected chi connectivity index (χ4v) is 2.31. The van der Waals surface area contributed by atoms with E-state index in [9.17, 15) is 4.79 Å². The van der Waals surface area contributed by atoms with E-state index in [0.717, 1.165) is 17.9 Å². The summed E-state index contributed by atoms with van der Waals surface area (Å²) in [5.41, 5.74) is 0.857. The molecule has 0 aliphatic heterocycles. The van der Waals surface area contributed by atoms with Gasteiger partial charge in [-0.1, -0.05) is 0 Å². The van der Waals surface area contributed by atoms with Gasteiger partial charge >= 0.3 is 5.97 Å². The van der Waals surface area contributed by atoms with Crippen molar-refractivity contribution in [2.75, 3.05) is 7.11 Å². The second kappa shape index (κ2) is 5.54. The Labute approximate surface area is 117 Å². The molecule has 0 unspecified atom stereocenters. The minimum atomic E-state index is -0.432. The Hall–Kier alpha value is -2.01. The zero-order chi connectivity index (χ0) is 13.9. The molecule has 1 saturated carbocycles. The van der Waals surface area contributed by atoms with Crippen LogP contribution in [0.1, 0.15) is 34.7 Å². The predicted octanol–water partition coefficient (Wildman–Crippen LogP) is 2.82. The summed E-state index contributed by atoms with van der Waals surface area (Å²) in [7, 11) is 1.36. The third kappa shape index (κ3) is 2.77. The Morgan fingerprint density at radius 1 is 1.30 bits per heavy atom. The first-order chi connectivity index (χ1) is 9.78. The van der Waals surface area contributed by atoms with Crippen LogP contribution < -0.4 is 0 Å². The molecule has 3 rings (SSSR count). The first-order valence-electron chi connectivity index (χ1n) is 6.69. The van der Waals surface area contributed by atoms with E-state index in [4.69, 9.17) is 13.6 Å². The van der Waals surface area contributed by atoms with Crippen LogP contribution in [0.25, 0.3) is 0 Å². The lowest BCUT2D eigenvalue weighted by molar-refractivity contribution is 0.0561. The second-order valence-corrected chi connectivity index (χ2v) is 4.98. The number of ether oxygens (including phenoxy) is 1. The van der Waals surface area contributed by atoms with Crippen LogP contribution >= 0.6 is 0 Å². The first-order valence-corrected chi connectivity index (χ1v) is 6.69. The Morgan fingerprint density at radius 2 is 2.15 bits per heavy atom. The maximum absolute atomic E-state index is 11.6. The number of nitrogens with zero attached hydrogens (tertiary/aromatic N) is 1. The maximum atomic E-state index is 11.6. The van der Waals surface area contributed by atoms with Crippen molar-refractivity contribution in [3.63, 3.8) is 0 Å². The van der Waals surface area contributed by atoms with Crippen LogP contribution in [0.15, 0.2) is 39.6 Å². The van der Waals surface area contributed by atoms with Crippen LogP contribution in [0.4, 0.5) is 0 Å². The zero-order valence-electron chi connectivity index (χ0n) is 11.4. The van der Waals surface area contributed by atoms with Gasteiger partial charge in [0.15, 0.2) is 0 Å². The fourth-order valence-electron chi connectivity index (χ4n) is 2.31. The van der Waals surface area contributed by atoms with E-state index in [-0.39, 0.29) is 5.76 Å². The lowest BCUT2D eigenvalue weighted by Crippen LogP contribution is -2.25. The number of furan rings is 2. The van der Waals surface area contributed by atoms with E-state index in [1.807, 2.05) is 18.2 Å². The van der Waals surface area contributed by atoms with Gasteiger partial charge in [0.2, 0.25) is 5.76 Å². The van der Waals surface area contributed by atoms with E-state index in [2.05, 4.69) is 4.90 Å². The molecular formula is C15H17NO4. The van der Waals surface area contributed by atoms with Gasteiger partial charge in [-0.15, -0.1) is 0 Å². The molecule has 106 valence electrons. The van der Waals surface area contributed by atoms with Crippen molar-refractivity contribution < 1.29 is 18.4 Å². The third-order valence-electron chi connectivity index (χ3n) is 3.49. The summed E-state index contributed by atoms with van der Waals surface area (Å²) in [5.74, 6) is 0.788. The van der Waals surface area contributed by atoms with Crippen molar-refractivity contribution in [1.82, 2.24) is 4.90 Å². The smallest absolute Gasteiger partial charge is 0.374 e. The average molecular weight is 275 g/mol. The number of hydrogen-bond acceptors (Lipinski definition) is 5. The van der Waals surface area contributed by atoms with Crippen LogP contribution in [0.3, 0.4) is 0 Å². The van der Waals surface area contributed by atoms with Crippen molar-refractivity contribution in [3.05, 3.63) is 47.8 Å². The molecule has 0 radical (unpaired) electrons. The molecule has 0 amide bonds. The Morgan fingerprint density at radius 3 is 2.80 bits per heavy atom. The molecule has 0 spiro atoms. The van der Waals surface area contributed by atoms with Crippen molar-refractivity contribution in [2.45, 2.75) is 32.0 Å². The Bertz CT molecular complexity index is 568. The van der Waals surface area contributed by atoms with Crippen molar-refractivity contribution in [3.8, 4) is 0 Å². The summed E-state index contributed by atoms with van der Waals surface area (Å²) < 4.78 is 15.4. The number of carbonyl (C=O) groups is 1. The Balaban J connectivity index is 1.73. The fraction of sp³-hybridized carbons (Fsp3) is 0.400. The van der Waals surface area contributed by atoms with Gasteiger partial charge < -0.3 is 13.6 Å². The Kier molecular flexibility index (Phi) is 3.60. The second-order valence-electron chi connectivity index (χ2n) is 4.98. The van der Waals surface area contributed by atoms with Gasteiger partial charge in [-0.3, -0.25) is 4.90 Å². The molecule has 5 nitrogen and oxygen atoms in total. The molecule has 2 aromatic rings. The van der Waals surface area contributed by atoms with Crippen LogP contribution in [-0.2, 0) is 17.8 Å². The highest BCUT2D eigenvalue weighted by Crippen LogP contribution is 2.30. The van der Waals surface area contributed by atoms with Gasteiger partial charge in [-0.05, 0) is 31.0 Å². The molecule has 0 atom stereocenters. The minimum Gasteiger partial charge on any atom is -0.468 e. The van der Waals surface area contributed by atoms with Crippen LogP contribution in [0, 0.1) is 0 Å². The summed E-state index contributed by atoms with van der Waals surface area (Å²) in [4.78, 5) is 13.9. The molecule has 20 heavy (non-hydrogen) atoms. The van der Waals surface area contributed by atoms with E-state index < -0.39 is 5.97 Å². The number of rotatable bonds is 6. The topological polar surface area (TPSA) is 55.8 Å². The molecule has 1 aliphatic carbocycles. The molecule has 2 aromatic heterocycles. The molecule has 0 aromatic carbocycles. The number of carbonyl (C=O) groups excluding carboxylic acids is 1. The van der Waals surface area contributed by atoms with E-state index >= 15 is 0 Å². The first kappa shape index (κ1) is 13.0. The van der Waals surface area contributed by atoms with Crippen molar-refractivity contribution in [2.24, 2.45) is 0 Å². The van der Waals surface area contributed by atoms with Gasteiger partial charge in [0.05, 0.1) is 26.2 Å². The zero-order valence-corrected chi connectivity index (χ0v) is 11.4. The predicted molar refractivity (Wildman–Crippen MR) is 71.0 cm³/mol. The third-order valence-corrected chi connectivity index (χ3v) is 3.49. The summed E-state index contributed by atoms with van der Waals surface area (Å²) >= 11 is 0. The number of methoxy groups -OCH3 is 1. The van der Waals surface area contributed by atoms with Crippen LogP contribution in [0.2, 0.25) is 0 Å². The lowest BCUT2D eigenvalue weighted by atomic mass is 10.2. The van der Waals surface area contributed by atoms with Gasteiger partial charge in [0, 0.05) is 18.2 Å². The summed E-state index contributed by atoms with van der Waals surface area (Å²) in [6, 6.07) is 6.23. The molecular weight excluding hydrogens is 258 g/mol. The monoisotopic (exact) mass is 275 g/mol. The number of esters is 1. The standard InChI is InChI=1S/C15H17NO4/c1-18-15(17)14-11(6-8-20-14)9-16(12-4-5-12)10-13-3-2-7-19-13/h2-3,6-8,12H,4-5,9-10H2,1H3. The number of hydrogen-bond donors (Lipinski definition) is 0. The molecule has 0 N–H and O–H groups in total. The summed E-state index contributed by atoms with van der Waals surface area (Å²) in [6.45, 7) is 1.40.